The zero-order valence-corrected chi connectivity index (χ0v) is 10.1. The second kappa shape index (κ2) is 3.77. The Labute approximate surface area is 94.5 Å². The number of rotatable bonds is 2. The van der Waals surface area contributed by atoms with E-state index in [9.17, 15) is 4.79 Å². The van der Waals surface area contributed by atoms with Gasteiger partial charge in [0.25, 0.3) is 5.56 Å². The van der Waals surface area contributed by atoms with Gasteiger partial charge in [-0.25, -0.2) is 4.52 Å². The van der Waals surface area contributed by atoms with Crippen LogP contribution in [0.25, 0.3) is 5.52 Å². The molecule has 0 radical (unpaired) electrons. The van der Waals surface area contributed by atoms with Crippen LogP contribution in [-0.2, 0) is 0 Å². The summed E-state index contributed by atoms with van der Waals surface area (Å²) in [7, 11) is 0. The average molecular weight is 219 g/mol. The lowest BCUT2D eigenvalue weighted by molar-refractivity contribution is 0.558. The molecule has 0 saturated heterocycles. The smallest absolute Gasteiger partial charge is 0.277 e. The minimum Gasteiger partial charge on any atom is -0.293 e. The summed E-state index contributed by atoms with van der Waals surface area (Å²) < 4.78 is 3.32. The van der Waals surface area contributed by atoms with Gasteiger partial charge in [0.1, 0.15) is 11.8 Å². The molecule has 0 aliphatic heterocycles. The maximum Gasteiger partial charge on any atom is 0.277 e. The Kier molecular flexibility index (Phi) is 2.58. The first-order valence-corrected chi connectivity index (χ1v) is 5.60. The van der Waals surface area contributed by atoms with Crippen molar-refractivity contribution >= 4 is 5.52 Å². The number of hydrogen-bond donors (Lipinski definition) is 0. The molecule has 0 unspecified atom stereocenters. The van der Waals surface area contributed by atoms with Crippen LogP contribution in [0.1, 0.15) is 45.2 Å². The van der Waals surface area contributed by atoms with Gasteiger partial charge < -0.3 is 0 Å². The van der Waals surface area contributed by atoms with Gasteiger partial charge in [-0.15, -0.1) is 0 Å². The summed E-state index contributed by atoms with van der Waals surface area (Å²) in [6.07, 6.45) is 3.52. The second-order valence-corrected chi connectivity index (χ2v) is 4.70. The molecule has 16 heavy (non-hydrogen) atoms. The maximum atomic E-state index is 12.1. The van der Waals surface area contributed by atoms with Crippen molar-refractivity contribution in [1.29, 1.82) is 0 Å². The first-order valence-electron chi connectivity index (χ1n) is 5.60. The molecule has 0 amide bonds. The molecule has 0 atom stereocenters. The zero-order chi connectivity index (χ0) is 11.9. The Hall–Kier alpha value is -1.58. The molecule has 0 aliphatic carbocycles. The number of fused-ring (bicyclic) bond motifs is 1. The highest BCUT2D eigenvalue weighted by Gasteiger charge is 2.10. The number of hydrogen-bond acceptors (Lipinski definition) is 2. The van der Waals surface area contributed by atoms with E-state index in [0.717, 1.165) is 5.56 Å². The molecule has 2 heterocycles. The predicted molar refractivity (Wildman–Crippen MR) is 63.9 cm³/mol. The average Bonchev–Trinajstić information content (AvgIpc) is 2.62. The minimum atomic E-state index is 0.0249. The van der Waals surface area contributed by atoms with E-state index in [0.29, 0.717) is 11.4 Å². The van der Waals surface area contributed by atoms with E-state index in [1.165, 1.54) is 0 Å². The highest BCUT2D eigenvalue weighted by Crippen LogP contribution is 2.15. The molecule has 4 nitrogen and oxygen atoms in total. The van der Waals surface area contributed by atoms with Crippen LogP contribution in [0.15, 0.2) is 23.4 Å². The molecule has 4 heteroatoms. The standard InChI is InChI=1S/C12H17N3O/c1-8(2)10-5-11-12(16)14(9(3)4)7-13-15(11)6-10/h5-9H,1-4H3. The summed E-state index contributed by atoms with van der Waals surface area (Å²) >= 11 is 0. The van der Waals surface area contributed by atoms with E-state index in [1.54, 1.807) is 15.4 Å². The molecule has 86 valence electrons. The Morgan fingerprint density at radius 1 is 1.25 bits per heavy atom. The molecular weight excluding hydrogens is 202 g/mol. The molecule has 2 aromatic rings. The molecular formula is C12H17N3O. The molecule has 0 bridgehead atoms. The van der Waals surface area contributed by atoms with Crippen molar-refractivity contribution in [3.05, 3.63) is 34.5 Å². The van der Waals surface area contributed by atoms with Gasteiger partial charge in [-0.1, -0.05) is 13.8 Å². The van der Waals surface area contributed by atoms with Crippen molar-refractivity contribution in [2.24, 2.45) is 0 Å². The Morgan fingerprint density at radius 2 is 1.94 bits per heavy atom. The van der Waals surface area contributed by atoms with Gasteiger partial charge in [-0.3, -0.25) is 9.36 Å². The molecule has 0 N–H and O–H groups in total. The fraction of sp³-hybridized carbons (Fsp3) is 0.500. The van der Waals surface area contributed by atoms with Gasteiger partial charge in [-0.05, 0) is 31.4 Å². The normalized spacial score (nSPS) is 11.9. The topological polar surface area (TPSA) is 39.3 Å². The van der Waals surface area contributed by atoms with Crippen LogP contribution in [0.5, 0.6) is 0 Å². The third kappa shape index (κ3) is 1.64. The molecule has 0 aromatic carbocycles. The summed E-state index contributed by atoms with van der Waals surface area (Å²) in [5.41, 5.74) is 1.82. The highest BCUT2D eigenvalue weighted by atomic mass is 16.1. The van der Waals surface area contributed by atoms with Crippen molar-refractivity contribution in [1.82, 2.24) is 14.2 Å². The van der Waals surface area contributed by atoms with Crippen LogP contribution < -0.4 is 5.56 Å². The third-order valence-corrected chi connectivity index (χ3v) is 2.80. The monoisotopic (exact) mass is 219 g/mol. The van der Waals surface area contributed by atoms with E-state index in [-0.39, 0.29) is 11.6 Å². The van der Waals surface area contributed by atoms with Crippen LogP contribution in [0, 0.1) is 0 Å². The lowest BCUT2D eigenvalue weighted by atomic mass is 10.1. The highest BCUT2D eigenvalue weighted by molar-refractivity contribution is 5.48. The lowest BCUT2D eigenvalue weighted by Gasteiger charge is -2.08. The summed E-state index contributed by atoms with van der Waals surface area (Å²) in [4.78, 5) is 12.1. The van der Waals surface area contributed by atoms with Gasteiger partial charge in [0.05, 0.1) is 0 Å². The quantitative estimate of drug-likeness (QED) is 0.776. The van der Waals surface area contributed by atoms with Crippen molar-refractivity contribution < 1.29 is 0 Å². The van der Waals surface area contributed by atoms with E-state index >= 15 is 0 Å². The third-order valence-electron chi connectivity index (χ3n) is 2.80. The maximum absolute atomic E-state index is 12.1. The van der Waals surface area contributed by atoms with Crippen molar-refractivity contribution in [3.8, 4) is 0 Å². The van der Waals surface area contributed by atoms with Crippen LogP contribution >= 0.6 is 0 Å². The fourth-order valence-electron chi connectivity index (χ4n) is 1.71. The molecule has 0 saturated carbocycles. The predicted octanol–water partition coefficient (Wildman–Crippen LogP) is 2.20. The number of aromatic nitrogens is 3. The Bertz CT molecular complexity index is 563. The molecule has 2 rings (SSSR count). The summed E-state index contributed by atoms with van der Waals surface area (Å²) in [5.74, 6) is 0.411. The van der Waals surface area contributed by atoms with E-state index in [4.69, 9.17) is 0 Å². The Morgan fingerprint density at radius 3 is 2.50 bits per heavy atom. The van der Waals surface area contributed by atoms with Gasteiger partial charge in [-0.2, -0.15) is 5.10 Å². The number of nitrogens with zero attached hydrogens (tertiary/aromatic N) is 3. The van der Waals surface area contributed by atoms with Crippen LogP contribution in [0.4, 0.5) is 0 Å². The van der Waals surface area contributed by atoms with Gasteiger partial charge in [0.15, 0.2) is 0 Å². The van der Waals surface area contributed by atoms with Crippen molar-refractivity contribution in [2.45, 2.75) is 39.7 Å². The summed E-state index contributed by atoms with van der Waals surface area (Å²) in [5, 5.41) is 4.25. The van der Waals surface area contributed by atoms with Gasteiger partial charge >= 0.3 is 0 Å². The largest absolute Gasteiger partial charge is 0.293 e. The van der Waals surface area contributed by atoms with E-state index < -0.39 is 0 Å². The molecule has 0 aliphatic rings. The first kappa shape index (κ1) is 10.9. The van der Waals surface area contributed by atoms with Crippen molar-refractivity contribution in [2.75, 3.05) is 0 Å². The second-order valence-electron chi connectivity index (χ2n) is 4.70. The van der Waals surface area contributed by atoms with E-state index in [1.807, 2.05) is 26.1 Å². The first-order chi connectivity index (χ1) is 7.50. The summed E-state index contributed by atoms with van der Waals surface area (Å²) in [6.45, 7) is 8.17. The fourth-order valence-corrected chi connectivity index (χ4v) is 1.71. The van der Waals surface area contributed by atoms with E-state index in [2.05, 4.69) is 18.9 Å². The molecule has 0 spiro atoms. The van der Waals surface area contributed by atoms with Gasteiger partial charge in [0.2, 0.25) is 0 Å². The Balaban J connectivity index is 2.70. The summed E-state index contributed by atoms with van der Waals surface area (Å²) in [6, 6.07) is 2.07. The van der Waals surface area contributed by atoms with Crippen LogP contribution in [0.2, 0.25) is 0 Å². The minimum absolute atomic E-state index is 0.0249. The van der Waals surface area contributed by atoms with Gasteiger partial charge in [0, 0.05) is 12.2 Å². The zero-order valence-electron chi connectivity index (χ0n) is 10.1. The lowest BCUT2D eigenvalue weighted by Crippen LogP contribution is -2.23. The van der Waals surface area contributed by atoms with Crippen molar-refractivity contribution in [3.63, 3.8) is 0 Å². The van der Waals surface area contributed by atoms with Crippen LogP contribution in [0.3, 0.4) is 0 Å². The SMILES string of the molecule is CC(C)c1cc2c(=O)n(C(C)C)cnn2c1. The molecule has 2 aromatic heterocycles. The van der Waals surface area contributed by atoms with Crippen LogP contribution in [-0.4, -0.2) is 14.2 Å². The molecule has 0 fully saturated rings.